The SMILES string of the molecule is COc1cc(Cn2nc(-c3cccc(OC)c3)c3sc(C)nc3c2=O)cc(OC)c1. The van der Waals surface area contributed by atoms with Crippen molar-refractivity contribution in [1.82, 2.24) is 14.8 Å². The van der Waals surface area contributed by atoms with E-state index in [4.69, 9.17) is 19.3 Å². The lowest BCUT2D eigenvalue weighted by molar-refractivity contribution is 0.393. The molecule has 8 heteroatoms. The van der Waals surface area contributed by atoms with Crippen molar-refractivity contribution in [2.24, 2.45) is 0 Å². The number of fused-ring (bicyclic) bond motifs is 1. The van der Waals surface area contributed by atoms with E-state index in [2.05, 4.69) is 4.98 Å². The smallest absolute Gasteiger partial charge is 0.294 e. The zero-order chi connectivity index (χ0) is 21.3. The van der Waals surface area contributed by atoms with E-state index in [0.29, 0.717) is 22.7 Å². The van der Waals surface area contributed by atoms with Gasteiger partial charge in [0.1, 0.15) is 22.9 Å². The number of aromatic nitrogens is 3. The normalized spacial score (nSPS) is 10.9. The van der Waals surface area contributed by atoms with Crippen molar-refractivity contribution < 1.29 is 14.2 Å². The van der Waals surface area contributed by atoms with Gasteiger partial charge in [-0.1, -0.05) is 12.1 Å². The van der Waals surface area contributed by atoms with Crippen molar-refractivity contribution in [3.8, 4) is 28.5 Å². The fourth-order valence-corrected chi connectivity index (χ4v) is 4.18. The molecule has 2 heterocycles. The van der Waals surface area contributed by atoms with Gasteiger partial charge in [0.2, 0.25) is 0 Å². The van der Waals surface area contributed by atoms with Crippen LogP contribution in [0.4, 0.5) is 0 Å². The highest BCUT2D eigenvalue weighted by Gasteiger charge is 2.17. The number of aryl methyl sites for hydroxylation is 1. The minimum Gasteiger partial charge on any atom is -0.497 e. The predicted molar refractivity (Wildman–Crippen MR) is 117 cm³/mol. The lowest BCUT2D eigenvalue weighted by Gasteiger charge is -2.11. The van der Waals surface area contributed by atoms with Gasteiger partial charge >= 0.3 is 0 Å². The van der Waals surface area contributed by atoms with E-state index in [1.54, 1.807) is 27.4 Å². The summed E-state index contributed by atoms with van der Waals surface area (Å²) in [6, 6.07) is 13.1. The highest BCUT2D eigenvalue weighted by atomic mass is 32.1. The van der Waals surface area contributed by atoms with Gasteiger partial charge in [0, 0.05) is 11.6 Å². The number of hydrogen-bond donors (Lipinski definition) is 0. The second-order valence-corrected chi connectivity index (χ2v) is 7.88. The molecule has 30 heavy (non-hydrogen) atoms. The molecule has 0 atom stereocenters. The van der Waals surface area contributed by atoms with Crippen molar-refractivity contribution in [2.45, 2.75) is 13.5 Å². The van der Waals surface area contributed by atoms with Gasteiger partial charge in [-0.2, -0.15) is 5.10 Å². The summed E-state index contributed by atoms with van der Waals surface area (Å²) in [6.07, 6.45) is 0. The molecule has 0 unspecified atom stereocenters. The first-order valence-electron chi connectivity index (χ1n) is 9.27. The molecular weight excluding hydrogens is 402 g/mol. The third-order valence-electron chi connectivity index (χ3n) is 4.69. The van der Waals surface area contributed by atoms with Crippen LogP contribution in [-0.4, -0.2) is 36.1 Å². The largest absolute Gasteiger partial charge is 0.497 e. The minimum atomic E-state index is -0.234. The van der Waals surface area contributed by atoms with Crippen molar-refractivity contribution in [3.05, 3.63) is 63.4 Å². The molecule has 4 rings (SSSR count). The lowest BCUT2D eigenvalue weighted by Crippen LogP contribution is -2.24. The van der Waals surface area contributed by atoms with Gasteiger partial charge in [0.25, 0.3) is 5.56 Å². The Morgan fingerprint density at radius 1 is 0.967 bits per heavy atom. The Labute approximate surface area is 177 Å². The molecule has 0 aliphatic carbocycles. The van der Waals surface area contributed by atoms with Gasteiger partial charge in [-0.05, 0) is 36.8 Å². The number of benzene rings is 2. The fourth-order valence-electron chi connectivity index (χ4n) is 3.26. The van der Waals surface area contributed by atoms with Crippen molar-refractivity contribution >= 4 is 21.6 Å². The van der Waals surface area contributed by atoms with Crippen LogP contribution in [0.3, 0.4) is 0 Å². The van der Waals surface area contributed by atoms with Crippen LogP contribution in [0.25, 0.3) is 21.5 Å². The van der Waals surface area contributed by atoms with Crippen molar-refractivity contribution in [3.63, 3.8) is 0 Å². The maximum Gasteiger partial charge on any atom is 0.294 e. The molecule has 2 aromatic carbocycles. The number of hydrogen-bond acceptors (Lipinski definition) is 7. The van der Waals surface area contributed by atoms with Crippen LogP contribution in [0, 0.1) is 6.92 Å². The van der Waals surface area contributed by atoms with Crippen LogP contribution in [0.2, 0.25) is 0 Å². The monoisotopic (exact) mass is 423 g/mol. The topological polar surface area (TPSA) is 75.5 Å². The first kappa shape index (κ1) is 19.9. The standard InChI is InChI=1S/C22H21N3O4S/c1-13-23-20-21(30-13)19(15-6-5-7-16(10-15)27-2)24-25(22(20)26)12-14-8-17(28-3)11-18(9-14)29-4/h5-11H,12H2,1-4H3. The molecule has 0 saturated carbocycles. The van der Waals surface area contributed by atoms with E-state index in [0.717, 1.165) is 26.6 Å². The Hall–Kier alpha value is -3.39. The molecule has 4 aromatic rings. The maximum atomic E-state index is 13.1. The van der Waals surface area contributed by atoms with Crippen LogP contribution in [0.15, 0.2) is 47.3 Å². The zero-order valence-electron chi connectivity index (χ0n) is 17.1. The first-order valence-corrected chi connectivity index (χ1v) is 10.1. The number of methoxy groups -OCH3 is 3. The summed E-state index contributed by atoms with van der Waals surface area (Å²) < 4.78 is 18.3. The summed E-state index contributed by atoms with van der Waals surface area (Å²) in [5.41, 5.74) is 2.58. The summed E-state index contributed by atoms with van der Waals surface area (Å²) in [4.78, 5) is 17.6. The first-order chi connectivity index (χ1) is 14.5. The number of nitrogens with zero attached hydrogens (tertiary/aromatic N) is 3. The average molecular weight is 423 g/mol. The minimum absolute atomic E-state index is 0.234. The second kappa shape index (κ2) is 8.16. The highest BCUT2D eigenvalue weighted by Crippen LogP contribution is 2.31. The summed E-state index contributed by atoms with van der Waals surface area (Å²) in [7, 11) is 4.80. The van der Waals surface area contributed by atoms with E-state index in [1.165, 1.54) is 16.0 Å². The van der Waals surface area contributed by atoms with Crippen LogP contribution in [0.1, 0.15) is 10.6 Å². The van der Waals surface area contributed by atoms with Crippen LogP contribution in [-0.2, 0) is 6.54 Å². The summed E-state index contributed by atoms with van der Waals surface area (Å²) >= 11 is 1.46. The van der Waals surface area contributed by atoms with Crippen LogP contribution < -0.4 is 19.8 Å². The Morgan fingerprint density at radius 3 is 2.33 bits per heavy atom. The Bertz CT molecular complexity index is 1260. The molecule has 154 valence electrons. The number of ether oxygens (including phenoxy) is 3. The molecule has 0 spiro atoms. The third-order valence-corrected chi connectivity index (χ3v) is 5.67. The predicted octanol–water partition coefficient (Wildman–Crippen LogP) is 3.90. The molecule has 0 aliphatic rings. The molecule has 0 radical (unpaired) electrons. The summed E-state index contributed by atoms with van der Waals surface area (Å²) in [6.45, 7) is 2.15. The quantitative estimate of drug-likeness (QED) is 0.468. The van der Waals surface area contributed by atoms with E-state index in [9.17, 15) is 4.79 Å². The molecule has 0 amide bonds. The molecule has 0 bridgehead atoms. The van der Waals surface area contributed by atoms with Crippen molar-refractivity contribution in [1.29, 1.82) is 0 Å². The van der Waals surface area contributed by atoms with E-state index in [1.807, 2.05) is 43.3 Å². The van der Waals surface area contributed by atoms with E-state index < -0.39 is 0 Å². The molecule has 7 nitrogen and oxygen atoms in total. The molecular formula is C22H21N3O4S. The fraction of sp³-hybridized carbons (Fsp3) is 0.227. The zero-order valence-corrected chi connectivity index (χ0v) is 17.9. The third kappa shape index (κ3) is 3.73. The van der Waals surface area contributed by atoms with Gasteiger partial charge in [0.05, 0.1) is 37.6 Å². The highest BCUT2D eigenvalue weighted by molar-refractivity contribution is 7.19. The molecule has 0 fully saturated rings. The van der Waals surface area contributed by atoms with Gasteiger partial charge in [-0.25, -0.2) is 9.67 Å². The molecule has 2 aromatic heterocycles. The van der Waals surface area contributed by atoms with Crippen LogP contribution in [0.5, 0.6) is 17.2 Å². The summed E-state index contributed by atoms with van der Waals surface area (Å²) in [5, 5.41) is 5.52. The van der Waals surface area contributed by atoms with Gasteiger partial charge in [-0.15, -0.1) is 11.3 Å². The Kier molecular flexibility index (Phi) is 5.41. The Morgan fingerprint density at radius 2 is 1.67 bits per heavy atom. The molecule has 0 saturated heterocycles. The van der Waals surface area contributed by atoms with Gasteiger partial charge in [-0.3, -0.25) is 4.79 Å². The summed E-state index contributed by atoms with van der Waals surface area (Å²) in [5.74, 6) is 2.02. The number of rotatable bonds is 6. The van der Waals surface area contributed by atoms with Gasteiger partial charge < -0.3 is 14.2 Å². The lowest BCUT2D eigenvalue weighted by atomic mass is 10.1. The molecule has 0 N–H and O–H groups in total. The van der Waals surface area contributed by atoms with E-state index in [-0.39, 0.29) is 12.1 Å². The maximum absolute atomic E-state index is 13.1. The number of thiazole rings is 1. The Balaban J connectivity index is 1.89. The average Bonchev–Trinajstić information content (AvgIpc) is 3.17. The van der Waals surface area contributed by atoms with Crippen molar-refractivity contribution in [2.75, 3.05) is 21.3 Å². The van der Waals surface area contributed by atoms with E-state index >= 15 is 0 Å². The second-order valence-electron chi connectivity index (χ2n) is 6.67. The van der Waals surface area contributed by atoms with Gasteiger partial charge in [0.15, 0.2) is 5.52 Å². The molecule has 0 aliphatic heterocycles. The van der Waals surface area contributed by atoms with Crippen LogP contribution >= 0.6 is 11.3 Å².